The first-order valence-corrected chi connectivity index (χ1v) is 15.6. The van der Waals surface area contributed by atoms with Crippen molar-refractivity contribution in [2.24, 2.45) is 5.73 Å². The van der Waals surface area contributed by atoms with Crippen molar-refractivity contribution in [3.8, 4) is 0 Å². The number of rotatable bonds is 11. The number of phosphoric acid groups is 2. The SMILES string of the molecule is NC(=O)c1ccc[n+]([C@@H]2OC(COP(=O)(O)OP(=O)(O)OCC3OC(n4cnc5c(N)ncnc54)C(O)C3O)C(O)C2O)c1. The number of hydrogen-bond acceptors (Lipinski definition) is 16. The zero-order valence-electron chi connectivity index (χ0n) is 22.2. The molecule has 2 saturated heterocycles. The number of carbonyl (C=O) groups excluding carboxylic acids is 1. The number of anilines is 1. The minimum Gasteiger partial charge on any atom is -0.387 e. The van der Waals surface area contributed by atoms with Gasteiger partial charge in [-0.25, -0.2) is 24.1 Å². The summed E-state index contributed by atoms with van der Waals surface area (Å²) in [6, 6.07) is 2.83. The summed E-state index contributed by atoms with van der Waals surface area (Å²) in [6.07, 6.45) is -6.85. The van der Waals surface area contributed by atoms with E-state index < -0.39 is 83.8 Å². The van der Waals surface area contributed by atoms with Gasteiger partial charge in [-0.15, -0.1) is 0 Å². The third kappa shape index (κ3) is 6.65. The van der Waals surface area contributed by atoms with Gasteiger partial charge in [0.05, 0.1) is 19.5 Å². The van der Waals surface area contributed by atoms with E-state index in [-0.39, 0.29) is 22.5 Å². The summed E-state index contributed by atoms with van der Waals surface area (Å²) in [5.41, 5.74) is 11.4. The minimum absolute atomic E-state index is 0.0505. The van der Waals surface area contributed by atoms with Crippen LogP contribution in [0.3, 0.4) is 0 Å². The molecule has 3 aromatic heterocycles. The van der Waals surface area contributed by atoms with Gasteiger partial charge in [0.2, 0.25) is 0 Å². The lowest BCUT2D eigenvalue weighted by molar-refractivity contribution is -0.765. The molecule has 10 atom stereocenters. The summed E-state index contributed by atoms with van der Waals surface area (Å²) in [6.45, 7) is -1.80. The summed E-state index contributed by atoms with van der Waals surface area (Å²) < 4.78 is 52.0. The maximum absolute atomic E-state index is 12.4. The minimum atomic E-state index is -5.37. The number of primary amides is 1. The molecule has 21 nitrogen and oxygen atoms in total. The summed E-state index contributed by atoms with van der Waals surface area (Å²) in [4.78, 5) is 43.3. The number of aliphatic hydroxyl groups is 4. The largest absolute Gasteiger partial charge is 0.481 e. The molecule has 0 aliphatic carbocycles. The molecule has 10 N–H and O–H groups in total. The lowest BCUT2D eigenvalue weighted by Gasteiger charge is -2.20. The molecular weight excluding hydrogens is 636 g/mol. The number of nitrogen functional groups attached to an aromatic ring is 1. The van der Waals surface area contributed by atoms with E-state index in [9.17, 15) is 44.1 Å². The molecule has 3 aromatic rings. The van der Waals surface area contributed by atoms with Gasteiger partial charge in [-0.3, -0.25) is 18.4 Å². The second-order valence-electron chi connectivity index (χ2n) is 9.69. The molecule has 5 rings (SSSR count). The molecule has 240 valence electrons. The zero-order valence-corrected chi connectivity index (χ0v) is 24.0. The topological polar surface area (TPSA) is 318 Å². The highest BCUT2D eigenvalue weighted by Crippen LogP contribution is 2.60. The van der Waals surface area contributed by atoms with Crippen molar-refractivity contribution in [3.63, 3.8) is 0 Å². The zero-order chi connectivity index (χ0) is 32.0. The first-order chi connectivity index (χ1) is 20.7. The Labute approximate surface area is 246 Å². The summed E-state index contributed by atoms with van der Waals surface area (Å²) in [5, 5.41) is 41.6. The number of hydrogen-bond donors (Lipinski definition) is 8. The van der Waals surface area contributed by atoms with Gasteiger partial charge in [-0.1, -0.05) is 0 Å². The van der Waals surface area contributed by atoms with Crippen molar-refractivity contribution in [3.05, 3.63) is 42.7 Å². The third-order valence-electron chi connectivity index (χ3n) is 6.75. The van der Waals surface area contributed by atoms with Crippen LogP contribution in [-0.2, 0) is 32.0 Å². The van der Waals surface area contributed by atoms with Crippen LogP contribution < -0.4 is 16.0 Å². The molecule has 0 spiro atoms. The summed E-state index contributed by atoms with van der Waals surface area (Å²) >= 11 is 0. The van der Waals surface area contributed by atoms with Gasteiger partial charge in [-0.05, 0) is 6.07 Å². The molecule has 5 heterocycles. The van der Waals surface area contributed by atoms with Crippen LogP contribution in [0, 0.1) is 0 Å². The molecule has 23 heteroatoms. The molecule has 1 amide bonds. The Morgan fingerprint density at radius 1 is 0.977 bits per heavy atom. The molecule has 2 aliphatic rings. The van der Waals surface area contributed by atoms with E-state index in [1.54, 1.807) is 0 Å². The van der Waals surface area contributed by atoms with Crippen molar-refractivity contribution in [2.45, 2.75) is 49.1 Å². The number of fused-ring (bicyclic) bond motifs is 1. The second kappa shape index (κ2) is 12.4. The van der Waals surface area contributed by atoms with E-state index in [1.807, 2.05) is 0 Å². The fourth-order valence-electron chi connectivity index (χ4n) is 4.58. The van der Waals surface area contributed by atoms with Gasteiger partial charge in [0.1, 0.15) is 47.9 Å². The number of imidazole rings is 1. The first kappa shape index (κ1) is 32.4. The number of amides is 1. The van der Waals surface area contributed by atoms with Crippen LogP contribution in [0.15, 0.2) is 37.2 Å². The standard InChI is InChI=1S/C21H27N7O14P2/c22-17-12-19(25-7-24-17)28(8-26-12)21-16(32)14(30)11(41-21)6-39-44(36,37)42-43(34,35)38-5-10-13(29)15(31)20(40-10)27-3-1-2-9(4-27)18(23)33/h1-4,7-8,10-11,13-16,20-21,29-32H,5-6H2,(H5-,22,23,24,25,33,34,35,36,37)/p+1/t10?,11?,13?,14?,15?,16?,20-,21?/m1/s1. The molecule has 0 saturated carbocycles. The number of pyridine rings is 1. The Hall–Kier alpha value is -3.01. The Morgan fingerprint density at radius 2 is 1.61 bits per heavy atom. The smallest absolute Gasteiger partial charge is 0.387 e. The van der Waals surface area contributed by atoms with Crippen LogP contribution >= 0.6 is 15.6 Å². The number of aromatic nitrogens is 5. The molecular formula is C21H28N7O14P2+. The molecule has 0 aromatic carbocycles. The second-order valence-corrected chi connectivity index (χ2v) is 12.7. The van der Waals surface area contributed by atoms with E-state index in [1.165, 1.54) is 40.0 Å². The fraction of sp³-hybridized carbons (Fsp3) is 0.476. The highest BCUT2D eigenvalue weighted by molar-refractivity contribution is 7.61. The average Bonchev–Trinajstić information content (AvgIpc) is 3.61. The molecule has 2 aliphatic heterocycles. The van der Waals surface area contributed by atoms with Crippen LogP contribution in [0.1, 0.15) is 22.8 Å². The molecule has 0 bridgehead atoms. The fourth-order valence-corrected chi connectivity index (χ4v) is 6.67. The summed E-state index contributed by atoms with van der Waals surface area (Å²) in [7, 11) is -10.7. The van der Waals surface area contributed by atoms with E-state index in [0.29, 0.717) is 0 Å². The Kier molecular flexibility index (Phi) is 9.13. The van der Waals surface area contributed by atoms with Crippen LogP contribution in [0.25, 0.3) is 11.2 Å². The summed E-state index contributed by atoms with van der Waals surface area (Å²) in [5.74, 6) is -0.714. The Morgan fingerprint density at radius 3 is 2.27 bits per heavy atom. The number of aliphatic hydroxyl groups excluding tert-OH is 4. The number of nitrogens with two attached hydrogens (primary N) is 2. The maximum atomic E-state index is 12.4. The molecule has 0 radical (unpaired) electrons. The van der Waals surface area contributed by atoms with Gasteiger partial charge >= 0.3 is 15.6 Å². The Bertz CT molecular complexity index is 1630. The van der Waals surface area contributed by atoms with Crippen LogP contribution in [0.2, 0.25) is 0 Å². The first-order valence-electron chi connectivity index (χ1n) is 12.6. The highest BCUT2D eigenvalue weighted by atomic mass is 31.3. The van der Waals surface area contributed by atoms with Crippen molar-refractivity contribution in [2.75, 3.05) is 18.9 Å². The van der Waals surface area contributed by atoms with Crippen LogP contribution in [0.5, 0.6) is 0 Å². The predicted octanol–water partition coefficient (Wildman–Crippen LogP) is -3.02. The quantitative estimate of drug-likeness (QED) is 0.0747. The van der Waals surface area contributed by atoms with Crippen molar-refractivity contribution < 1.29 is 71.5 Å². The van der Waals surface area contributed by atoms with Gasteiger partial charge in [-0.2, -0.15) is 8.88 Å². The number of nitrogens with zero attached hydrogens (tertiary/aromatic N) is 5. The molecule has 9 unspecified atom stereocenters. The normalized spacial score (nSPS) is 31.6. The van der Waals surface area contributed by atoms with Crippen molar-refractivity contribution in [1.29, 1.82) is 0 Å². The van der Waals surface area contributed by atoms with Gasteiger partial charge in [0.25, 0.3) is 12.1 Å². The number of phosphoric ester groups is 2. The van der Waals surface area contributed by atoms with Crippen LogP contribution in [-0.4, -0.2) is 105 Å². The maximum Gasteiger partial charge on any atom is 0.481 e. The van der Waals surface area contributed by atoms with E-state index in [4.69, 9.17) is 25.5 Å². The van der Waals surface area contributed by atoms with E-state index >= 15 is 0 Å². The predicted molar refractivity (Wildman–Crippen MR) is 139 cm³/mol. The highest BCUT2D eigenvalue weighted by Gasteiger charge is 2.50. The monoisotopic (exact) mass is 664 g/mol. The lowest BCUT2D eigenvalue weighted by Crippen LogP contribution is -2.46. The van der Waals surface area contributed by atoms with E-state index in [2.05, 4.69) is 23.8 Å². The van der Waals surface area contributed by atoms with Gasteiger partial charge in [0.15, 0.2) is 36.2 Å². The van der Waals surface area contributed by atoms with Gasteiger partial charge < -0.3 is 51.2 Å². The number of ether oxygens (including phenoxy) is 2. The van der Waals surface area contributed by atoms with Gasteiger partial charge in [0, 0.05) is 6.07 Å². The Balaban J connectivity index is 1.16. The van der Waals surface area contributed by atoms with Crippen molar-refractivity contribution >= 4 is 38.5 Å². The average molecular weight is 664 g/mol. The van der Waals surface area contributed by atoms with Crippen LogP contribution in [0.4, 0.5) is 5.82 Å². The number of carbonyl (C=O) groups is 1. The third-order valence-corrected chi connectivity index (χ3v) is 9.35. The van der Waals surface area contributed by atoms with Crippen molar-refractivity contribution in [1.82, 2.24) is 19.5 Å². The molecule has 44 heavy (non-hydrogen) atoms. The van der Waals surface area contributed by atoms with E-state index in [0.717, 1.165) is 6.33 Å². The lowest BCUT2D eigenvalue weighted by atomic mass is 10.1. The molecule has 2 fully saturated rings.